The van der Waals surface area contributed by atoms with Gasteiger partial charge in [0.1, 0.15) is 5.75 Å². The number of Topliss-reactive ketones (excluding diaryl/α,β-unsaturated/α-hetero) is 1. The third kappa shape index (κ3) is 0.804. The molecule has 0 aromatic heterocycles. The molecule has 0 N–H and O–H groups in total. The molecule has 2 atom stereocenters. The van der Waals surface area contributed by atoms with Crippen LogP contribution >= 0.6 is 0 Å². The van der Waals surface area contributed by atoms with Crippen LogP contribution in [0.1, 0.15) is 28.3 Å². The van der Waals surface area contributed by atoms with E-state index in [-0.39, 0.29) is 0 Å². The lowest BCUT2D eigenvalue weighted by molar-refractivity contribution is 0.0974. The summed E-state index contributed by atoms with van der Waals surface area (Å²) >= 11 is 0. The molecule has 0 spiro atoms. The zero-order valence-corrected chi connectivity index (χ0v) is 7.41. The van der Waals surface area contributed by atoms with Crippen LogP contribution in [0.3, 0.4) is 0 Å². The first kappa shape index (κ1) is 7.13. The van der Waals surface area contributed by atoms with Crippen LogP contribution in [0.5, 0.6) is 5.75 Å². The molecule has 2 heteroatoms. The smallest absolute Gasteiger partial charge is 0.167 e. The van der Waals surface area contributed by atoms with Crippen molar-refractivity contribution >= 4 is 5.78 Å². The Morgan fingerprint density at radius 1 is 1.38 bits per heavy atom. The summed E-state index contributed by atoms with van der Waals surface area (Å²) in [5.74, 6) is 1.95. The predicted octanol–water partition coefficient (Wildman–Crippen LogP) is 1.99. The Morgan fingerprint density at radius 2 is 2.23 bits per heavy atom. The minimum atomic E-state index is 0.308. The third-order valence-electron chi connectivity index (χ3n) is 3.05. The fourth-order valence-corrected chi connectivity index (χ4v) is 2.23. The molecule has 0 unspecified atom stereocenters. The average Bonchev–Trinajstić information content (AvgIpc) is 2.91. The van der Waals surface area contributed by atoms with Crippen molar-refractivity contribution in [3.05, 3.63) is 29.3 Å². The van der Waals surface area contributed by atoms with E-state index in [0.717, 1.165) is 17.7 Å². The molecule has 0 heterocycles. The van der Waals surface area contributed by atoms with E-state index in [9.17, 15) is 4.79 Å². The molecular weight excluding hydrogens is 164 g/mol. The van der Waals surface area contributed by atoms with E-state index in [1.54, 1.807) is 7.11 Å². The molecule has 1 saturated carbocycles. The zero-order chi connectivity index (χ0) is 9.00. The van der Waals surface area contributed by atoms with Crippen molar-refractivity contribution in [3.63, 3.8) is 0 Å². The number of carbonyl (C=O) groups is 1. The highest BCUT2D eigenvalue weighted by Crippen LogP contribution is 2.56. The minimum Gasteiger partial charge on any atom is -0.497 e. The molecule has 0 bridgehead atoms. The lowest BCUT2D eigenvalue weighted by Crippen LogP contribution is -1.98. The zero-order valence-electron chi connectivity index (χ0n) is 7.41. The Labute approximate surface area is 76.5 Å². The van der Waals surface area contributed by atoms with Crippen LogP contribution in [-0.2, 0) is 0 Å². The summed E-state index contributed by atoms with van der Waals surface area (Å²) < 4.78 is 5.09. The van der Waals surface area contributed by atoms with Gasteiger partial charge < -0.3 is 4.74 Å². The van der Waals surface area contributed by atoms with Gasteiger partial charge in [-0.15, -0.1) is 0 Å². The molecule has 0 amide bonds. The van der Waals surface area contributed by atoms with Crippen LogP contribution in [0.2, 0.25) is 0 Å². The Balaban J connectivity index is 2.16. The minimum absolute atomic E-state index is 0.308. The van der Waals surface area contributed by atoms with E-state index in [1.165, 1.54) is 5.56 Å². The second-order valence-electron chi connectivity index (χ2n) is 3.77. The maximum Gasteiger partial charge on any atom is 0.167 e. The van der Waals surface area contributed by atoms with E-state index in [4.69, 9.17) is 4.74 Å². The SMILES string of the molecule is COc1ccc2c(c1)C(=O)[C@H]1C[C@H]21. The van der Waals surface area contributed by atoms with Gasteiger partial charge in [0.25, 0.3) is 0 Å². The fraction of sp³-hybridized carbons (Fsp3) is 0.364. The van der Waals surface area contributed by atoms with E-state index < -0.39 is 0 Å². The molecule has 0 radical (unpaired) electrons. The van der Waals surface area contributed by atoms with E-state index in [0.29, 0.717) is 17.6 Å². The van der Waals surface area contributed by atoms with Gasteiger partial charge >= 0.3 is 0 Å². The molecule has 2 aliphatic carbocycles. The Bertz CT molecular complexity index is 395. The van der Waals surface area contributed by atoms with Gasteiger partial charge in [-0.25, -0.2) is 0 Å². The van der Waals surface area contributed by atoms with Crippen molar-refractivity contribution in [3.8, 4) is 5.75 Å². The standard InChI is InChI=1S/C11H10O2/c1-13-6-2-3-7-8-5-10(8)11(12)9(7)4-6/h2-4,8,10H,5H2,1H3/t8-,10+/m1/s1. The van der Waals surface area contributed by atoms with E-state index in [2.05, 4.69) is 0 Å². The summed E-state index contributed by atoms with van der Waals surface area (Å²) in [6.45, 7) is 0. The Morgan fingerprint density at radius 3 is 3.00 bits per heavy atom. The van der Waals surface area contributed by atoms with Crippen LogP contribution < -0.4 is 4.74 Å². The molecule has 1 fully saturated rings. The number of benzene rings is 1. The van der Waals surface area contributed by atoms with Gasteiger partial charge in [-0.3, -0.25) is 4.79 Å². The van der Waals surface area contributed by atoms with Crippen molar-refractivity contribution in [2.45, 2.75) is 12.3 Å². The van der Waals surface area contributed by atoms with Crippen molar-refractivity contribution < 1.29 is 9.53 Å². The summed E-state index contributed by atoms with van der Waals surface area (Å²) in [4.78, 5) is 11.7. The molecular formula is C11H10O2. The van der Waals surface area contributed by atoms with Crippen LogP contribution in [0.25, 0.3) is 0 Å². The monoisotopic (exact) mass is 174 g/mol. The first-order valence-electron chi connectivity index (χ1n) is 4.53. The molecule has 1 aromatic carbocycles. The van der Waals surface area contributed by atoms with Crippen LogP contribution in [0, 0.1) is 5.92 Å². The van der Waals surface area contributed by atoms with Gasteiger partial charge in [-0.2, -0.15) is 0 Å². The summed E-state index contributed by atoms with van der Waals surface area (Å²) in [5.41, 5.74) is 2.12. The average molecular weight is 174 g/mol. The number of fused-ring (bicyclic) bond motifs is 3. The number of hydrogen-bond donors (Lipinski definition) is 0. The van der Waals surface area contributed by atoms with Gasteiger partial charge in [-0.05, 0) is 30.0 Å². The summed E-state index contributed by atoms with van der Waals surface area (Å²) in [5, 5.41) is 0. The maximum atomic E-state index is 11.7. The van der Waals surface area contributed by atoms with Crippen molar-refractivity contribution in [2.75, 3.05) is 7.11 Å². The third-order valence-corrected chi connectivity index (χ3v) is 3.05. The van der Waals surface area contributed by atoms with Crippen molar-refractivity contribution in [1.82, 2.24) is 0 Å². The molecule has 1 aromatic rings. The van der Waals surface area contributed by atoms with Gasteiger partial charge in [0.2, 0.25) is 0 Å². The largest absolute Gasteiger partial charge is 0.497 e. The molecule has 0 saturated heterocycles. The molecule has 2 aliphatic rings. The fourth-order valence-electron chi connectivity index (χ4n) is 2.23. The second-order valence-corrected chi connectivity index (χ2v) is 3.77. The predicted molar refractivity (Wildman–Crippen MR) is 48.2 cm³/mol. The number of ether oxygens (including phenoxy) is 1. The Kier molecular flexibility index (Phi) is 1.17. The highest BCUT2D eigenvalue weighted by atomic mass is 16.5. The normalized spacial score (nSPS) is 28.2. The lowest BCUT2D eigenvalue weighted by Gasteiger charge is -2.04. The highest BCUT2D eigenvalue weighted by Gasteiger charge is 2.51. The highest BCUT2D eigenvalue weighted by molar-refractivity contribution is 6.06. The van der Waals surface area contributed by atoms with Gasteiger partial charge in [0.15, 0.2) is 5.78 Å². The van der Waals surface area contributed by atoms with Gasteiger partial charge in [0, 0.05) is 11.5 Å². The quantitative estimate of drug-likeness (QED) is 0.650. The summed E-state index contributed by atoms with van der Waals surface area (Å²) in [6, 6.07) is 5.83. The van der Waals surface area contributed by atoms with Crippen molar-refractivity contribution in [1.29, 1.82) is 0 Å². The number of hydrogen-bond acceptors (Lipinski definition) is 2. The molecule has 0 aliphatic heterocycles. The summed E-state index contributed by atoms with van der Waals surface area (Å²) in [7, 11) is 1.63. The maximum absolute atomic E-state index is 11.7. The molecule has 66 valence electrons. The number of ketones is 1. The van der Waals surface area contributed by atoms with Crippen LogP contribution in [0.4, 0.5) is 0 Å². The molecule has 3 rings (SSSR count). The Hall–Kier alpha value is -1.31. The summed E-state index contributed by atoms with van der Waals surface area (Å²) in [6.07, 6.45) is 1.07. The van der Waals surface area contributed by atoms with E-state index >= 15 is 0 Å². The van der Waals surface area contributed by atoms with Gasteiger partial charge in [-0.1, -0.05) is 6.07 Å². The molecule has 13 heavy (non-hydrogen) atoms. The number of rotatable bonds is 1. The lowest BCUT2D eigenvalue weighted by atomic mass is 10.1. The van der Waals surface area contributed by atoms with E-state index in [1.807, 2.05) is 18.2 Å². The van der Waals surface area contributed by atoms with Gasteiger partial charge in [0.05, 0.1) is 7.11 Å². The van der Waals surface area contributed by atoms with Crippen LogP contribution in [0.15, 0.2) is 18.2 Å². The second kappa shape index (κ2) is 2.13. The van der Waals surface area contributed by atoms with Crippen LogP contribution in [-0.4, -0.2) is 12.9 Å². The topological polar surface area (TPSA) is 26.3 Å². The first-order valence-corrected chi connectivity index (χ1v) is 4.53. The molecule has 2 nitrogen and oxygen atoms in total. The first-order chi connectivity index (χ1) is 6.31. The number of carbonyl (C=O) groups excluding carboxylic acids is 1. The number of methoxy groups -OCH3 is 1. The van der Waals surface area contributed by atoms with Crippen molar-refractivity contribution in [2.24, 2.45) is 5.92 Å².